The predicted octanol–water partition coefficient (Wildman–Crippen LogP) is 3.86. The maximum Gasteiger partial charge on any atom is 0.223 e. The molecule has 142 valence electrons. The summed E-state index contributed by atoms with van der Waals surface area (Å²) in [6.07, 6.45) is 6.21. The van der Waals surface area contributed by atoms with Crippen LogP contribution in [-0.4, -0.2) is 23.5 Å². The van der Waals surface area contributed by atoms with Crippen molar-refractivity contribution in [2.45, 2.75) is 52.5 Å². The molecule has 1 saturated carbocycles. The second-order valence-electron chi connectivity index (χ2n) is 8.50. The van der Waals surface area contributed by atoms with Crippen molar-refractivity contribution in [2.75, 3.05) is 6.54 Å². The number of para-hydroxylation sites is 1. The smallest absolute Gasteiger partial charge is 0.223 e. The zero-order chi connectivity index (χ0) is 18.7. The third-order valence-electron chi connectivity index (χ3n) is 6.05. The number of benzene rings is 1. The standard InChI is InChI=1S/C22H33N3O/c1-14(2)18-9-8-15(3)10-20(18)22(26)25-13-17(23)11-16-12-24-21-7-5-4-6-19(16)21/h4-7,12,14-15,17-18,20,24H,8-11,13,23H2,1-3H3,(H,25,26)/t15-,17+,18+,20-/m1/s1. The van der Waals surface area contributed by atoms with Gasteiger partial charge in [-0.2, -0.15) is 0 Å². The van der Waals surface area contributed by atoms with Crippen molar-refractivity contribution in [1.29, 1.82) is 0 Å². The maximum atomic E-state index is 12.8. The van der Waals surface area contributed by atoms with E-state index in [1.807, 2.05) is 18.3 Å². The molecule has 4 atom stereocenters. The van der Waals surface area contributed by atoms with Gasteiger partial charge >= 0.3 is 0 Å². The van der Waals surface area contributed by atoms with Crippen molar-refractivity contribution < 1.29 is 4.79 Å². The van der Waals surface area contributed by atoms with Gasteiger partial charge in [0, 0.05) is 35.6 Å². The summed E-state index contributed by atoms with van der Waals surface area (Å²) in [5.41, 5.74) is 8.68. The SMILES string of the molecule is CC(C)[C@@H]1CC[C@@H](C)C[C@H]1C(=O)NC[C@@H](N)Cc1c[nH]c2ccccc12. The minimum Gasteiger partial charge on any atom is -0.361 e. The Bertz CT molecular complexity index is 736. The fraction of sp³-hybridized carbons (Fsp3) is 0.591. The largest absolute Gasteiger partial charge is 0.361 e. The molecule has 1 amide bonds. The Morgan fingerprint density at radius 3 is 2.85 bits per heavy atom. The lowest BCUT2D eigenvalue weighted by Crippen LogP contribution is -2.45. The maximum absolute atomic E-state index is 12.8. The van der Waals surface area contributed by atoms with Crippen molar-refractivity contribution in [3.05, 3.63) is 36.0 Å². The molecule has 2 aromatic rings. The summed E-state index contributed by atoms with van der Waals surface area (Å²) >= 11 is 0. The highest BCUT2D eigenvalue weighted by molar-refractivity contribution is 5.83. The number of fused-ring (bicyclic) bond motifs is 1. The molecule has 26 heavy (non-hydrogen) atoms. The van der Waals surface area contributed by atoms with Gasteiger partial charge in [0.2, 0.25) is 5.91 Å². The number of hydrogen-bond donors (Lipinski definition) is 3. The molecule has 3 rings (SSSR count). The summed E-state index contributed by atoms with van der Waals surface area (Å²) < 4.78 is 0. The first-order valence-corrected chi connectivity index (χ1v) is 10.0. The molecule has 4 heteroatoms. The molecule has 0 unspecified atom stereocenters. The first-order valence-electron chi connectivity index (χ1n) is 10.0. The van der Waals surface area contributed by atoms with E-state index in [1.54, 1.807) is 0 Å². The zero-order valence-electron chi connectivity index (χ0n) is 16.3. The third-order valence-corrected chi connectivity index (χ3v) is 6.05. The third kappa shape index (κ3) is 4.29. The fourth-order valence-corrected chi connectivity index (χ4v) is 4.52. The van der Waals surface area contributed by atoms with E-state index in [0.717, 1.165) is 24.8 Å². The van der Waals surface area contributed by atoms with Crippen molar-refractivity contribution in [3.63, 3.8) is 0 Å². The Labute approximate surface area is 156 Å². The summed E-state index contributed by atoms with van der Waals surface area (Å²) in [7, 11) is 0. The van der Waals surface area contributed by atoms with Crippen LogP contribution in [0.3, 0.4) is 0 Å². The molecule has 1 aliphatic carbocycles. The van der Waals surface area contributed by atoms with Crippen LogP contribution < -0.4 is 11.1 Å². The molecule has 1 aliphatic rings. The highest BCUT2D eigenvalue weighted by atomic mass is 16.1. The number of nitrogens with one attached hydrogen (secondary N) is 2. The minimum atomic E-state index is -0.0725. The Hall–Kier alpha value is -1.81. The van der Waals surface area contributed by atoms with Crippen molar-refractivity contribution >= 4 is 16.8 Å². The van der Waals surface area contributed by atoms with Crippen LogP contribution in [0.2, 0.25) is 0 Å². The Morgan fingerprint density at radius 1 is 1.31 bits per heavy atom. The van der Waals surface area contributed by atoms with Gasteiger partial charge < -0.3 is 16.0 Å². The molecule has 1 aromatic heterocycles. The molecule has 4 N–H and O–H groups in total. The van der Waals surface area contributed by atoms with Crippen LogP contribution >= 0.6 is 0 Å². The van der Waals surface area contributed by atoms with Crippen molar-refractivity contribution in [2.24, 2.45) is 29.4 Å². The first-order chi connectivity index (χ1) is 12.5. The highest BCUT2D eigenvalue weighted by Crippen LogP contribution is 2.38. The molecular formula is C22H33N3O. The van der Waals surface area contributed by atoms with Gasteiger partial charge in [-0.1, -0.05) is 45.4 Å². The summed E-state index contributed by atoms with van der Waals surface area (Å²) in [4.78, 5) is 16.1. The molecule has 0 radical (unpaired) electrons. The molecule has 0 spiro atoms. The number of nitrogens with two attached hydrogens (primary N) is 1. The lowest BCUT2D eigenvalue weighted by atomic mass is 9.70. The van der Waals surface area contributed by atoms with E-state index in [0.29, 0.717) is 24.3 Å². The number of H-pyrrole nitrogens is 1. The lowest BCUT2D eigenvalue weighted by Gasteiger charge is -2.36. The molecule has 0 saturated heterocycles. The summed E-state index contributed by atoms with van der Waals surface area (Å²) in [5, 5.41) is 4.36. The van der Waals surface area contributed by atoms with E-state index in [1.165, 1.54) is 17.4 Å². The van der Waals surface area contributed by atoms with E-state index in [-0.39, 0.29) is 17.9 Å². The average Bonchev–Trinajstić information content (AvgIpc) is 3.02. The van der Waals surface area contributed by atoms with Gasteiger partial charge in [-0.15, -0.1) is 0 Å². The molecule has 4 nitrogen and oxygen atoms in total. The van der Waals surface area contributed by atoms with Gasteiger partial charge in [-0.3, -0.25) is 4.79 Å². The molecular weight excluding hydrogens is 322 g/mol. The molecule has 1 fully saturated rings. The topological polar surface area (TPSA) is 70.9 Å². The van der Waals surface area contributed by atoms with Crippen molar-refractivity contribution in [3.8, 4) is 0 Å². The molecule has 0 aliphatic heterocycles. The minimum absolute atomic E-state index is 0.0725. The van der Waals surface area contributed by atoms with E-state index in [2.05, 4.69) is 43.2 Å². The number of aromatic amines is 1. The van der Waals surface area contributed by atoms with Gasteiger partial charge in [0.25, 0.3) is 0 Å². The number of carbonyl (C=O) groups is 1. The fourth-order valence-electron chi connectivity index (χ4n) is 4.52. The van der Waals surface area contributed by atoms with E-state index in [4.69, 9.17) is 5.73 Å². The van der Waals surface area contributed by atoms with Crippen LogP contribution in [0.5, 0.6) is 0 Å². The quantitative estimate of drug-likeness (QED) is 0.736. The number of carbonyl (C=O) groups excluding carboxylic acids is 1. The average molecular weight is 356 g/mol. The van der Waals surface area contributed by atoms with Crippen LogP contribution in [0, 0.1) is 23.7 Å². The van der Waals surface area contributed by atoms with Crippen LogP contribution in [0.4, 0.5) is 0 Å². The van der Waals surface area contributed by atoms with Gasteiger partial charge in [0.1, 0.15) is 0 Å². The Kier molecular flexibility index (Phi) is 6.02. The van der Waals surface area contributed by atoms with Crippen LogP contribution in [0.25, 0.3) is 10.9 Å². The second-order valence-corrected chi connectivity index (χ2v) is 8.50. The normalized spacial score (nSPS) is 24.7. The number of amides is 1. The summed E-state index contributed by atoms with van der Waals surface area (Å²) in [6.45, 7) is 7.28. The van der Waals surface area contributed by atoms with Crippen molar-refractivity contribution in [1.82, 2.24) is 10.3 Å². The summed E-state index contributed by atoms with van der Waals surface area (Å²) in [5.74, 6) is 2.03. The van der Waals surface area contributed by atoms with E-state index < -0.39 is 0 Å². The Balaban J connectivity index is 1.56. The van der Waals surface area contributed by atoms with Gasteiger partial charge in [-0.25, -0.2) is 0 Å². The van der Waals surface area contributed by atoms with Crippen LogP contribution in [0.15, 0.2) is 30.5 Å². The van der Waals surface area contributed by atoms with E-state index >= 15 is 0 Å². The monoisotopic (exact) mass is 355 g/mol. The summed E-state index contributed by atoms with van der Waals surface area (Å²) in [6, 6.07) is 8.19. The van der Waals surface area contributed by atoms with Gasteiger partial charge in [-0.05, 0) is 48.6 Å². The van der Waals surface area contributed by atoms with Crippen LogP contribution in [-0.2, 0) is 11.2 Å². The predicted molar refractivity (Wildman–Crippen MR) is 108 cm³/mol. The number of aromatic nitrogens is 1. The highest BCUT2D eigenvalue weighted by Gasteiger charge is 2.35. The first kappa shape index (κ1) is 19.0. The zero-order valence-corrected chi connectivity index (χ0v) is 16.3. The molecule has 1 aromatic carbocycles. The van der Waals surface area contributed by atoms with Gasteiger partial charge in [0.05, 0.1) is 0 Å². The second kappa shape index (κ2) is 8.26. The van der Waals surface area contributed by atoms with Gasteiger partial charge in [0.15, 0.2) is 0 Å². The Morgan fingerprint density at radius 2 is 2.08 bits per heavy atom. The lowest BCUT2D eigenvalue weighted by molar-refractivity contribution is -0.129. The van der Waals surface area contributed by atoms with E-state index in [9.17, 15) is 4.79 Å². The molecule has 1 heterocycles. The number of rotatable bonds is 6. The number of hydrogen-bond acceptors (Lipinski definition) is 2. The molecule has 0 bridgehead atoms. The van der Waals surface area contributed by atoms with Crippen LogP contribution in [0.1, 0.15) is 45.6 Å².